The van der Waals surface area contributed by atoms with Gasteiger partial charge in [0.25, 0.3) is 10.0 Å². The highest BCUT2D eigenvalue weighted by Gasteiger charge is 2.41. The molecule has 10 nitrogen and oxygen atoms in total. The van der Waals surface area contributed by atoms with Crippen molar-refractivity contribution in [2.24, 2.45) is 4.99 Å². The number of carbonyl (C=O) groups is 3. The molecular formula is C16H17N5O5S. The summed E-state index contributed by atoms with van der Waals surface area (Å²) in [6, 6.07) is 5.92. The van der Waals surface area contributed by atoms with Crippen LogP contribution in [0, 0.1) is 0 Å². The zero-order valence-electron chi connectivity index (χ0n) is 14.1. The maximum Gasteiger partial charge on any atom is 0.309 e. The van der Waals surface area contributed by atoms with Crippen LogP contribution in [0.2, 0.25) is 0 Å². The van der Waals surface area contributed by atoms with Crippen molar-refractivity contribution in [3.05, 3.63) is 29.8 Å². The van der Waals surface area contributed by atoms with Gasteiger partial charge in [-0.05, 0) is 12.1 Å². The van der Waals surface area contributed by atoms with E-state index in [1.54, 1.807) is 23.1 Å². The van der Waals surface area contributed by atoms with Gasteiger partial charge in [0.15, 0.2) is 0 Å². The molecule has 1 aromatic rings. The summed E-state index contributed by atoms with van der Waals surface area (Å²) in [5, 5.41) is 5.17. The number of piperazine rings is 1. The van der Waals surface area contributed by atoms with Gasteiger partial charge in [-0.15, -0.1) is 0 Å². The van der Waals surface area contributed by atoms with E-state index in [9.17, 15) is 22.8 Å². The molecule has 0 aliphatic carbocycles. The maximum atomic E-state index is 12.4. The van der Waals surface area contributed by atoms with Crippen LogP contribution in [0.15, 0.2) is 34.2 Å². The molecule has 142 valence electrons. The first-order chi connectivity index (χ1) is 12.8. The highest BCUT2D eigenvalue weighted by Crippen LogP contribution is 2.22. The number of sulfonamides is 1. The van der Waals surface area contributed by atoms with E-state index in [-0.39, 0.29) is 41.7 Å². The number of benzene rings is 1. The molecule has 0 bridgehead atoms. The molecule has 0 unspecified atom stereocenters. The van der Waals surface area contributed by atoms with Crippen LogP contribution < -0.4 is 15.4 Å². The Labute approximate surface area is 155 Å². The fourth-order valence-electron chi connectivity index (χ4n) is 3.44. The van der Waals surface area contributed by atoms with Crippen LogP contribution in [0.3, 0.4) is 0 Å². The van der Waals surface area contributed by atoms with Gasteiger partial charge < -0.3 is 15.5 Å². The zero-order chi connectivity index (χ0) is 19.2. The van der Waals surface area contributed by atoms with Gasteiger partial charge in [0.05, 0.1) is 23.5 Å². The third kappa shape index (κ3) is 3.14. The van der Waals surface area contributed by atoms with Crippen LogP contribution in [-0.4, -0.2) is 68.6 Å². The van der Waals surface area contributed by atoms with Crippen molar-refractivity contribution < 1.29 is 22.8 Å². The Hall–Kier alpha value is -2.95. The number of amides is 3. The lowest BCUT2D eigenvalue weighted by atomic mass is 10.1. The van der Waals surface area contributed by atoms with E-state index in [0.29, 0.717) is 18.7 Å². The van der Waals surface area contributed by atoms with E-state index in [2.05, 4.69) is 20.3 Å². The molecule has 3 N–H and O–H groups in total. The summed E-state index contributed by atoms with van der Waals surface area (Å²) in [6.07, 6.45) is 0.0920. The molecule has 4 rings (SSSR count). The average molecular weight is 391 g/mol. The summed E-state index contributed by atoms with van der Waals surface area (Å²) in [5.41, 5.74) is 0.488. The molecule has 2 saturated heterocycles. The second kappa shape index (κ2) is 6.34. The SMILES string of the molecule is O=C1N[C@H]2CN(C(=O)CCN=C3NS(=O)(=O)c4ccccc43)C[C@H]2NC1=O. The Morgan fingerprint density at radius 1 is 1.11 bits per heavy atom. The van der Waals surface area contributed by atoms with Crippen LogP contribution in [0.5, 0.6) is 0 Å². The van der Waals surface area contributed by atoms with E-state index in [1.807, 2.05) is 0 Å². The topological polar surface area (TPSA) is 137 Å². The molecule has 3 aliphatic heterocycles. The highest BCUT2D eigenvalue weighted by molar-refractivity contribution is 7.90. The van der Waals surface area contributed by atoms with Crippen molar-refractivity contribution in [3.63, 3.8) is 0 Å². The molecule has 3 amide bonds. The van der Waals surface area contributed by atoms with Crippen molar-refractivity contribution in [2.75, 3.05) is 19.6 Å². The lowest BCUT2D eigenvalue weighted by Gasteiger charge is -2.25. The molecule has 0 saturated carbocycles. The fourth-order valence-corrected chi connectivity index (χ4v) is 4.69. The van der Waals surface area contributed by atoms with Crippen LogP contribution in [0.4, 0.5) is 0 Å². The number of likely N-dealkylation sites (tertiary alicyclic amines) is 1. The number of aliphatic imine (C=N–C) groups is 1. The van der Waals surface area contributed by atoms with Gasteiger partial charge in [0.1, 0.15) is 5.84 Å². The number of amidine groups is 1. The van der Waals surface area contributed by atoms with Gasteiger partial charge in [0.2, 0.25) is 5.91 Å². The van der Waals surface area contributed by atoms with E-state index in [4.69, 9.17) is 0 Å². The summed E-state index contributed by atoms with van der Waals surface area (Å²) < 4.78 is 26.5. The Bertz CT molecular complexity index is 949. The summed E-state index contributed by atoms with van der Waals surface area (Å²) in [4.78, 5) is 41.1. The molecule has 11 heteroatoms. The first kappa shape index (κ1) is 17.5. The Balaban J connectivity index is 1.38. The number of rotatable bonds is 3. The van der Waals surface area contributed by atoms with E-state index in [1.165, 1.54) is 6.07 Å². The van der Waals surface area contributed by atoms with E-state index in [0.717, 1.165) is 0 Å². The maximum absolute atomic E-state index is 12.4. The van der Waals surface area contributed by atoms with Crippen LogP contribution in [-0.2, 0) is 24.4 Å². The lowest BCUT2D eigenvalue weighted by molar-refractivity contribution is -0.142. The van der Waals surface area contributed by atoms with Crippen molar-refractivity contribution in [2.45, 2.75) is 23.4 Å². The van der Waals surface area contributed by atoms with Gasteiger partial charge in [-0.3, -0.25) is 24.1 Å². The summed E-state index contributed by atoms with van der Waals surface area (Å²) in [7, 11) is -3.60. The smallest absolute Gasteiger partial charge is 0.309 e. The van der Waals surface area contributed by atoms with Crippen molar-refractivity contribution in [1.29, 1.82) is 0 Å². The number of carbonyl (C=O) groups excluding carboxylic acids is 3. The lowest BCUT2D eigenvalue weighted by Crippen LogP contribution is -2.61. The molecule has 27 heavy (non-hydrogen) atoms. The molecule has 3 heterocycles. The monoisotopic (exact) mass is 391 g/mol. The molecule has 3 aliphatic rings. The number of hydrogen-bond donors (Lipinski definition) is 3. The van der Waals surface area contributed by atoms with Crippen molar-refractivity contribution in [3.8, 4) is 0 Å². The fraction of sp³-hybridized carbons (Fsp3) is 0.375. The summed E-state index contributed by atoms with van der Waals surface area (Å²) in [5.74, 6) is -1.33. The van der Waals surface area contributed by atoms with Crippen molar-refractivity contribution in [1.82, 2.24) is 20.3 Å². The molecule has 2 atom stereocenters. The Morgan fingerprint density at radius 2 is 1.74 bits per heavy atom. The average Bonchev–Trinajstić information content (AvgIpc) is 3.14. The van der Waals surface area contributed by atoms with Gasteiger partial charge in [-0.1, -0.05) is 12.1 Å². The Kier molecular flexibility index (Phi) is 4.10. The number of hydrogen-bond acceptors (Lipinski definition) is 6. The number of fused-ring (bicyclic) bond motifs is 2. The molecule has 0 spiro atoms. The predicted octanol–water partition coefficient (Wildman–Crippen LogP) is -2.06. The third-order valence-electron chi connectivity index (χ3n) is 4.77. The third-order valence-corrected chi connectivity index (χ3v) is 6.17. The van der Waals surface area contributed by atoms with Gasteiger partial charge in [0, 0.05) is 25.1 Å². The minimum atomic E-state index is -3.60. The largest absolute Gasteiger partial charge is 0.341 e. The van der Waals surface area contributed by atoms with Crippen LogP contribution in [0.25, 0.3) is 0 Å². The molecule has 1 aromatic carbocycles. The second-order valence-corrected chi connectivity index (χ2v) is 8.19. The second-order valence-electron chi connectivity index (χ2n) is 6.54. The van der Waals surface area contributed by atoms with E-state index < -0.39 is 21.8 Å². The van der Waals surface area contributed by atoms with Gasteiger partial charge >= 0.3 is 11.8 Å². The zero-order valence-corrected chi connectivity index (χ0v) is 15.0. The molecule has 0 aromatic heterocycles. The van der Waals surface area contributed by atoms with Gasteiger partial charge in [-0.2, -0.15) is 0 Å². The first-order valence-electron chi connectivity index (χ1n) is 8.41. The number of nitrogens with zero attached hydrogens (tertiary/aromatic N) is 2. The van der Waals surface area contributed by atoms with Crippen LogP contribution >= 0.6 is 0 Å². The van der Waals surface area contributed by atoms with Gasteiger partial charge in [-0.25, -0.2) is 8.42 Å². The minimum Gasteiger partial charge on any atom is -0.341 e. The molecular weight excluding hydrogens is 374 g/mol. The first-order valence-corrected chi connectivity index (χ1v) is 9.89. The standard InChI is InChI=1S/C16H17N5O5S/c22-13(21-7-10-11(8-21)19-16(24)15(23)18-10)5-6-17-14-9-3-1-2-4-12(9)27(25,26)20-14/h1-4,10-11H,5-8H2,(H,17,20)(H,18,23)(H,19,24)/t10-,11+. The quantitative estimate of drug-likeness (QED) is 0.509. The molecule has 2 fully saturated rings. The van der Waals surface area contributed by atoms with Crippen molar-refractivity contribution >= 4 is 33.6 Å². The highest BCUT2D eigenvalue weighted by atomic mass is 32.2. The minimum absolute atomic E-state index is 0.0920. The Morgan fingerprint density at radius 3 is 2.41 bits per heavy atom. The molecule has 0 radical (unpaired) electrons. The van der Waals surface area contributed by atoms with Crippen LogP contribution in [0.1, 0.15) is 12.0 Å². The number of nitrogens with one attached hydrogen (secondary N) is 3. The summed E-state index contributed by atoms with van der Waals surface area (Å²) in [6.45, 7) is 0.763. The predicted molar refractivity (Wildman–Crippen MR) is 93.2 cm³/mol. The normalized spacial score (nSPS) is 26.8. The summed E-state index contributed by atoms with van der Waals surface area (Å²) >= 11 is 0. The van der Waals surface area contributed by atoms with E-state index >= 15 is 0 Å².